The monoisotopic (exact) mass is 364 g/mol. The smallest absolute Gasteiger partial charge is 0.161 e. The lowest BCUT2D eigenvalue weighted by Crippen LogP contribution is -2.28. The molecular weight excluding hydrogens is 320 g/mol. The lowest BCUT2D eigenvalue weighted by atomic mass is 9.72. The lowest BCUT2D eigenvalue weighted by Gasteiger charge is -2.32. The van der Waals surface area contributed by atoms with Gasteiger partial charge < -0.3 is 5.11 Å². The molecule has 0 amide bonds. The Kier molecular flexibility index (Phi) is 12.2. The van der Waals surface area contributed by atoms with Gasteiger partial charge in [-0.1, -0.05) is 97.0 Å². The highest BCUT2D eigenvalue weighted by Crippen LogP contribution is 2.37. The number of carbonyl (C=O) groups is 1. The molecule has 0 fully saturated rings. The van der Waals surface area contributed by atoms with Gasteiger partial charge in [0.15, 0.2) is 5.78 Å². The molecule has 1 atom stereocenters. The van der Waals surface area contributed by atoms with Gasteiger partial charge in [0, 0.05) is 12.5 Å². The summed E-state index contributed by atoms with van der Waals surface area (Å²) in [6.45, 7) is 6.85. The lowest BCUT2D eigenvalue weighted by molar-refractivity contribution is -0.121. The standard InChI is InChI=1S/C24H44O2/c1-21-19-24(2,3)20-22(23(21)26)17-15-13-11-9-7-5-4-6-8-10-12-14-16-18-25/h19,22,25H,4-18,20H2,1-3H3. The van der Waals surface area contributed by atoms with Gasteiger partial charge in [0.05, 0.1) is 0 Å². The zero-order valence-electron chi connectivity index (χ0n) is 17.8. The predicted octanol–water partition coefficient (Wildman–Crippen LogP) is 7.00. The number of allylic oxidation sites excluding steroid dienone is 2. The third-order valence-corrected chi connectivity index (χ3v) is 5.85. The maximum atomic E-state index is 12.3. The number of ketones is 1. The molecule has 0 saturated heterocycles. The second kappa shape index (κ2) is 13.5. The minimum absolute atomic E-state index is 0.196. The molecule has 1 rings (SSSR count). The summed E-state index contributed by atoms with van der Waals surface area (Å²) in [5.74, 6) is 0.674. The summed E-state index contributed by atoms with van der Waals surface area (Å²) >= 11 is 0. The number of aliphatic hydroxyl groups excluding tert-OH is 1. The molecule has 1 unspecified atom stereocenters. The molecule has 0 saturated carbocycles. The summed E-state index contributed by atoms with van der Waals surface area (Å²) in [7, 11) is 0. The highest BCUT2D eigenvalue weighted by molar-refractivity contribution is 5.97. The highest BCUT2D eigenvalue weighted by Gasteiger charge is 2.31. The van der Waals surface area contributed by atoms with Crippen molar-refractivity contribution < 1.29 is 9.90 Å². The number of unbranched alkanes of at least 4 members (excludes halogenated alkanes) is 12. The number of rotatable bonds is 15. The Morgan fingerprint density at radius 1 is 0.846 bits per heavy atom. The Morgan fingerprint density at radius 3 is 1.73 bits per heavy atom. The summed E-state index contributed by atoms with van der Waals surface area (Å²) in [6, 6.07) is 0. The van der Waals surface area contributed by atoms with E-state index >= 15 is 0 Å². The number of carbonyl (C=O) groups excluding carboxylic acids is 1. The molecule has 1 aliphatic rings. The Balaban J connectivity index is 1.91. The maximum absolute atomic E-state index is 12.3. The molecule has 152 valence electrons. The van der Waals surface area contributed by atoms with E-state index in [9.17, 15) is 4.79 Å². The number of aliphatic hydroxyl groups is 1. The zero-order chi connectivity index (χ0) is 19.3. The molecule has 0 aromatic heterocycles. The van der Waals surface area contributed by atoms with Crippen molar-refractivity contribution in [1.29, 1.82) is 0 Å². The average Bonchev–Trinajstić information content (AvgIpc) is 2.58. The van der Waals surface area contributed by atoms with Crippen molar-refractivity contribution in [2.24, 2.45) is 11.3 Å². The van der Waals surface area contributed by atoms with Crippen LogP contribution in [0, 0.1) is 11.3 Å². The van der Waals surface area contributed by atoms with Crippen LogP contribution in [0.1, 0.15) is 117 Å². The second-order valence-corrected chi connectivity index (χ2v) is 9.19. The summed E-state index contributed by atoms with van der Waals surface area (Å²) < 4.78 is 0. The molecule has 1 N–H and O–H groups in total. The first kappa shape index (κ1) is 23.4. The fraction of sp³-hybridized carbons (Fsp3) is 0.875. The van der Waals surface area contributed by atoms with Gasteiger partial charge in [0.2, 0.25) is 0 Å². The molecule has 0 aromatic rings. The predicted molar refractivity (Wildman–Crippen MR) is 112 cm³/mol. The van der Waals surface area contributed by atoms with Gasteiger partial charge in [-0.2, -0.15) is 0 Å². The molecule has 2 heteroatoms. The van der Waals surface area contributed by atoms with E-state index in [-0.39, 0.29) is 11.3 Å². The van der Waals surface area contributed by atoms with Crippen LogP contribution in [-0.2, 0) is 4.79 Å². The average molecular weight is 365 g/mol. The molecule has 0 spiro atoms. The van der Waals surface area contributed by atoms with Crippen molar-refractivity contribution >= 4 is 5.78 Å². The molecule has 26 heavy (non-hydrogen) atoms. The fourth-order valence-corrected chi connectivity index (χ4v) is 4.45. The molecule has 0 heterocycles. The van der Waals surface area contributed by atoms with Crippen LogP contribution >= 0.6 is 0 Å². The third-order valence-electron chi connectivity index (χ3n) is 5.85. The Bertz CT molecular complexity index is 408. The molecule has 0 aromatic carbocycles. The Morgan fingerprint density at radius 2 is 1.27 bits per heavy atom. The van der Waals surface area contributed by atoms with Crippen LogP contribution in [0.25, 0.3) is 0 Å². The van der Waals surface area contributed by atoms with E-state index in [4.69, 9.17) is 5.11 Å². The fourth-order valence-electron chi connectivity index (χ4n) is 4.45. The van der Waals surface area contributed by atoms with Gasteiger partial charge >= 0.3 is 0 Å². The van der Waals surface area contributed by atoms with E-state index in [2.05, 4.69) is 19.9 Å². The highest BCUT2D eigenvalue weighted by atomic mass is 16.2. The van der Waals surface area contributed by atoms with Gasteiger partial charge in [-0.15, -0.1) is 0 Å². The van der Waals surface area contributed by atoms with E-state index in [1.165, 1.54) is 77.0 Å². The minimum atomic E-state index is 0.196. The second-order valence-electron chi connectivity index (χ2n) is 9.19. The van der Waals surface area contributed by atoms with Crippen molar-refractivity contribution in [2.45, 2.75) is 117 Å². The van der Waals surface area contributed by atoms with Crippen molar-refractivity contribution in [2.75, 3.05) is 6.61 Å². The van der Waals surface area contributed by atoms with Crippen molar-refractivity contribution in [3.05, 3.63) is 11.6 Å². The van der Waals surface area contributed by atoms with Crippen LogP contribution < -0.4 is 0 Å². The first-order valence-corrected chi connectivity index (χ1v) is 11.3. The van der Waals surface area contributed by atoms with Crippen LogP contribution in [-0.4, -0.2) is 17.5 Å². The summed E-state index contributed by atoms with van der Waals surface area (Å²) in [4.78, 5) is 12.3. The largest absolute Gasteiger partial charge is 0.396 e. The number of hydrogen-bond donors (Lipinski definition) is 1. The molecule has 2 nitrogen and oxygen atoms in total. The number of Topliss-reactive ketones (excluding diaryl/α,β-unsaturated/α-hetero) is 1. The zero-order valence-corrected chi connectivity index (χ0v) is 17.8. The van der Waals surface area contributed by atoms with Crippen molar-refractivity contribution in [1.82, 2.24) is 0 Å². The van der Waals surface area contributed by atoms with Gasteiger partial charge in [-0.05, 0) is 37.2 Å². The van der Waals surface area contributed by atoms with Crippen LogP contribution in [0.15, 0.2) is 11.6 Å². The van der Waals surface area contributed by atoms with E-state index in [0.717, 1.165) is 24.8 Å². The molecule has 0 bridgehead atoms. The Labute approximate surface area is 162 Å². The molecular formula is C24H44O2. The van der Waals surface area contributed by atoms with Crippen LogP contribution in [0.3, 0.4) is 0 Å². The number of hydrogen-bond acceptors (Lipinski definition) is 2. The molecule has 1 aliphatic carbocycles. The van der Waals surface area contributed by atoms with Gasteiger partial charge in [-0.25, -0.2) is 0 Å². The maximum Gasteiger partial charge on any atom is 0.161 e. The first-order valence-electron chi connectivity index (χ1n) is 11.3. The summed E-state index contributed by atoms with van der Waals surface area (Å²) in [5.41, 5.74) is 1.18. The minimum Gasteiger partial charge on any atom is -0.396 e. The summed E-state index contributed by atoms with van der Waals surface area (Å²) in [6.07, 6.45) is 21.2. The van der Waals surface area contributed by atoms with E-state index in [1.807, 2.05) is 6.92 Å². The van der Waals surface area contributed by atoms with Crippen LogP contribution in [0.5, 0.6) is 0 Å². The topological polar surface area (TPSA) is 37.3 Å². The quantitative estimate of drug-likeness (QED) is 0.318. The third kappa shape index (κ3) is 10.5. The molecule has 0 radical (unpaired) electrons. The van der Waals surface area contributed by atoms with Crippen molar-refractivity contribution in [3.8, 4) is 0 Å². The van der Waals surface area contributed by atoms with Gasteiger partial charge in [0.1, 0.15) is 0 Å². The van der Waals surface area contributed by atoms with Crippen molar-refractivity contribution in [3.63, 3.8) is 0 Å². The first-order chi connectivity index (χ1) is 12.5. The van der Waals surface area contributed by atoms with E-state index in [1.54, 1.807) is 0 Å². The SMILES string of the molecule is CC1=CC(C)(C)CC(CCCCCCCCCCCCCCCO)C1=O. The van der Waals surface area contributed by atoms with E-state index < -0.39 is 0 Å². The van der Waals surface area contributed by atoms with E-state index in [0.29, 0.717) is 12.4 Å². The van der Waals surface area contributed by atoms with Gasteiger partial charge in [0.25, 0.3) is 0 Å². The van der Waals surface area contributed by atoms with Crippen LogP contribution in [0.4, 0.5) is 0 Å². The van der Waals surface area contributed by atoms with Crippen LogP contribution in [0.2, 0.25) is 0 Å². The van der Waals surface area contributed by atoms with Gasteiger partial charge in [-0.3, -0.25) is 4.79 Å². The Hall–Kier alpha value is -0.630. The molecule has 0 aliphatic heterocycles. The normalized spacial score (nSPS) is 19.6. The summed E-state index contributed by atoms with van der Waals surface area (Å²) in [5, 5.41) is 8.74.